The fourth-order valence-corrected chi connectivity index (χ4v) is 3.95. The van der Waals surface area contributed by atoms with Crippen LogP contribution in [0.25, 0.3) is 0 Å². The summed E-state index contributed by atoms with van der Waals surface area (Å²) in [4.78, 5) is 21.6. The average molecular weight is 361 g/mol. The second-order valence-electron chi connectivity index (χ2n) is 6.60. The summed E-state index contributed by atoms with van der Waals surface area (Å²) >= 11 is 1.59. The van der Waals surface area contributed by atoms with E-state index in [1.807, 2.05) is 19.4 Å². The topological polar surface area (TPSA) is 36.4 Å². The van der Waals surface area contributed by atoms with E-state index < -0.39 is 0 Å². The summed E-state index contributed by atoms with van der Waals surface area (Å²) < 4.78 is 13.3. The Morgan fingerprint density at radius 2 is 1.96 bits per heavy atom. The van der Waals surface area contributed by atoms with Crippen LogP contribution in [-0.4, -0.2) is 40.8 Å². The quantitative estimate of drug-likeness (QED) is 0.813. The van der Waals surface area contributed by atoms with E-state index in [1.54, 1.807) is 28.4 Å². The molecule has 1 aromatic carbocycles. The lowest BCUT2D eigenvalue weighted by Crippen LogP contribution is -2.43. The molecule has 134 valence electrons. The number of halogens is 1. The number of likely N-dealkylation sites (N-methyl/N-ethyl adjacent to an activating group) is 1. The number of rotatable bonds is 5. The van der Waals surface area contributed by atoms with Gasteiger partial charge >= 0.3 is 0 Å². The zero-order valence-corrected chi connectivity index (χ0v) is 15.6. The van der Waals surface area contributed by atoms with Crippen LogP contribution in [0.15, 0.2) is 29.6 Å². The molecular weight excluding hydrogens is 337 g/mol. The molecule has 2 heterocycles. The van der Waals surface area contributed by atoms with E-state index in [9.17, 15) is 9.18 Å². The first-order valence-corrected chi connectivity index (χ1v) is 9.58. The molecule has 3 rings (SSSR count). The maximum Gasteiger partial charge on any atom is 0.244 e. The van der Waals surface area contributed by atoms with Crippen molar-refractivity contribution in [2.24, 2.45) is 0 Å². The summed E-state index contributed by atoms with van der Waals surface area (Å²) in [5, 5.41) is 2.99. The smallest absolute Gasteiger partial charge is 0.244 e. The molecule has 1 saturated heterocycles. The van der Waals surface area contributed by atoms with Crippen molar-refractivity contribution in [3.05, 3.63) is 51.7 Å². The van der Waals surface area contributed by atoms with E-state index in [2.05, 4.69) is 9.88 Å². The molecule has 6 heteroatoms. The fraction of sp³-hybridized carbons (Fsp3) is 0.474. The highest BCUT2D eigenvalue weighted by atomic mass is 32.1. The lowest BCUT2D eigenvalue weighted by Gasteiger charge is -2.36. The van der Waals surface area contributed by atoms with Gasteiger partial charge in [0, 0.05) is 12.4 Å². The number of hydrogen-bond donors (Lipinski definition) is 0. The molecule has 1 amide bonds. The number of aryl methyl sites for hydroxylation is 1. The highest BCUT2D eigenvalue weighted by Gasteiger charge is 2.31. The number of benzene rings is 1. The van der Waals surface area contributed by atoms with Gasteiger partial charge in [-0.1, -0.05) is 18.6 Å². The van der Waals surface area contributed by atoms with Crippen LogP contribution in [0.5, 0.6) is 0 Å². The summed E-state index contributed by atoms with van der Waals surface area (Å²) in [5.74, 6) is -0.237. The Hall–Kier alpha value is -1.79. The molecule has 1 fully saturated rings. The van der Waals surface area contributed by atoms with Gasteiger partial charge in [0.25, 0.3) is 0 Å². The van der Waals surface area contributed by atoms with Gasteiger partial charge in [-0.05, 0) is 50.6 Å². The molecule has 0 radical (unpaired) electrons. The molecule has 1 aromatic heterocycles. The van der Waals surface area contributed by atoms with Crippen LogP contribution in [0, 0.1) is 12.7 Å². The summed E-state index contributed by atoms with van der Waals surface area (Å²) in [6.45, 7) is 4.26. The minimum absolute atomic E-state index is 0.0409. The van der Waals surface area contributed by atoms with Crippen LogP contribution in [0.2, 0.25) is 0 Å². The third-order valence-corrected chi connectivity index (χ3v) is 5.44. The predicted octanol–water partition coefficient (Wildman–Crippen LogP) is 3.78. The van der Waals surface area contributed by atoms with Crippen molar-refractivity contribution < 1.29 is 9.18 Å². The summed E-state index contributed by atoms with van der Waals surface area (Å²) in [6, 6.07) is 5.97. The lowest BCUT2D eigenvalue weighted by atomic mass is 10.0. The van der Waals surface area contributed by atoms with E-state index in [1.165, 1.54) is 18.6 Å². The number of hydrogen-bond acceptors (Lipinski definition) is 4. The van der Waals surface area contributed by atoms with E-state index in [0.29, 0.717) is 6.54 Å². The van der Waals surface area contributed by atoms with Crippen LogP contribution in [0.3, 0.4) is 0 Å². The van der Waals surface area contributed by atoms with Gasteiger partial charge < -0.3 is 4.90 Å². The van der Waals surface area contributed by atoms with Crippen molar-refractivity contribution in [1.29, 1.82) is 0 Å². The van der Waals surface area contributed by atoms with Gasteiger partial charge in [-0.25, -0.2) is 9.37 Å². The van der Waals surface area contributed by atoms with E-state index in [0.717, 1.165) is 42.2 Å². The minimum Gasteiger partial charge on any atom is -0.338 e. The van der Waals surface area contributed by atoms with E-state index in [-0.39, 0.29) is 17.8 Å². The van der Waals surface area contributed by atoms with Crippen LogP contribution in [0.1, 0.15) is 41.6 Å². The molecule has 4 nitrogen and oxygen atoms in total. The Balaban J connectivity index is 1.81. The summed E-state index contributed by atoms with van der Waals surface area (Å²) in [5.41, 5.74) is 1.77. The Morgan fingerprint density at radius 1 is 1.28 bits per heavy atom. The van der Waals surface area contributed by atoms with Gasteiger partial charge in [-0.2, -0.15) is 0 Å². The van der Waals surface area contributed by atoms with Crippen molar-refractivity contribution in [1.82, 2.24) is 14.8 Å². The molecule has 0 saturated carbocycles. The van der Waals surface area contributed by atoms with Crippen LogP contribution >= 0.6 is 11.3 Å². The third kappa shape index (κ3) is 4.44. The Labute approximate surface area is 152 Å². The van der Waals surface area contributed by atoms with E-state index >= 15 is 0 Å². The second kappa shape index (κ2) is 8.06. The SMILES string of the molecule is Cc1nc(CN(C)C(=O)[C@H](c2ccc(F)cc2)N2CCCCC2)cs1. The number of nitrogens with zero attached hydrogens (tertiary/aromatic N) is 3. The number of thiazole rings is 1. The maximum absolute atomic E-state index is 13.3. The van der Waals surface area contributed by atoms with Gasteiger partial charge in [0.15, 0.2) is 0 Å². The van der Waals surface area contributed by atoms with Gasteiger partial charge in [-0.3, -0.25) is 9.69 Å². The Bertz CT molecular complexity index is 710. The van der Waals surface area contributed by atoms with Crippen molar-refractivity contribution in [2.75, 3.05) is 20.1 Å². The number of carbonyl (C=O) groups is 1. The van der Waals surface area contributed by atoms with Gasteiger partial charge in [0.1, 0.15) is 11.9 Å². The number of piperidine rings is 1. The molecule has 25 heavy (non-hydrogen) atoms. The second-order valence-corrected chi connectivity index (χ2v) is 7.67. The predicted molar refractivity (Wildman–Crippen MR) is 97.9 cm³/mol. The molecule has 2 aromatic rings. The number of likely N-dealkylation sites (tertiary alicyclic amines) is 1. The molecular formula is C19H24FN3OS. The standard InChI is InChI=1S/C19H24FN3OS/c1-14-21-17(13-25-14)12-22(2)19(24)18(23-10-4-3-5-11-23)15-6-8-16(20)9-7-15/h6-9,13,18H,3-5,10-12H2,1-2H3/t18-/m0/s1. The Morgan fingerprint density at radius 3 is 2.56 bits per heavy atom. The van der Waals surface area contributed by atoms with Crippen molar-refractivity contribution >= 4 is 17.2 Å². The maximum atomic E-state index is 13.3. The summed E-state index contributed by atoms with van der Waals surface area (Å²) in [7, 11) is 1.82. The number of amides is 1. The van der Waals surface area contributed by atoms with Gasteiger partial charge in [-0.15, -0.1) is 11.3 Å². The molecule has 1 aliphatic heterocycles. The van der Waals surface area contributed by atoms with Crippen molar-refractivity contribution in [3.8, 4) is 0 Å². The Kier molecular flexibility index (Phi) is 5.81. The highest BCUT2D eigenvalue weighted by Crippen LogP contribution is 2.27. The first-order chi connectivity index (χ1) is 12.0. The fourth-order valence-electron chi connectivity index (χ4n) is 3.34. The molecule has 0 aliphatic carbocycles. The first kappa shape index (κ1) is 18.0. The van der Waals surface area contributed by atoms with Gasteiger partial charge in [0.2, 0.25) is 5.91 Å². The highest BCUT2D eigenvalue weighted by molar-refractivity contribution is 7.09. The van der Waals surface area contributed by atoms with Crippen molar-refractivity contribution in [2.45, 2.75) is 38.8 Å². The number of aromatic nitrogens is 1. The lowest BCUT2D eigenvalue weighted by molar-refractivity contribution is -0.137. The monoisotopic (exact) mass is 361 g/mol. The number of carbonyl (C=O) groups excluding carboxylic acids is 1. The molecule has 1 aliphatic rings. The minimum atomic E-state index is -0.356. The molecule has 1 atom stereocenters. The average Bonchev–Trinajstić information content (AvgIpc) is 3.02. The first-order valence-electron chi connectivity index (χ1n) is 8.70. The third-order valence-electron chi connectivity index (χ3n) is 4.62. The molecule has 0 unspecified atom stereocenters. The van der Waals surface area contributed by atoms with Crippen LogP contribution in [-0.2, 0) is 11.3 Å². The normalized spacial score (nSPS) is 16.6. The zero-order valence-electron chi connectivity index (χ0n) is 14.7. The van der Waals surface area contributed by atoms with Crippen molar-refractivity contribution in [3.63, 3.8) is 0 Å². The van der Waals surface area contributed by atoms with Crippen LogP contribution in [0.4, 0.5) is 4.39 Å². The largest absolute Gasteiger partial charge is 0.338 e. The molecule has 0 bridgehead atoms. The van der Waals surface area contributed by atoms with Crippen LogP contribution < -0.4 is 0 Å². The summed E-state index contributed by atoms with van der Waals surface area (Å²) in [6.07, 6.45) is 3.40. The van der Waals surface area contributed by atoms with Gasteiger partial charge in [0.05, 0.1) is 17.2 Å². The molecule has 0 N–H and O–H groups in total. The molecule has 0 spiro atoms. The zero-order chi connectivity index (χ0) is 17.8. The van der Waals surface area contributed by atoms with E-state index in [4.69, 9.17) is 0 Å².